The average Bonchev–Trinajstić information content (AvgIpc) is 2.63. The molecule has 0 aromatic carbocycles. The van der Waals surface area contributed by atoms with Gasteiger partial charge in [-0.05, 0) is 26.2 Å². The number of hydrogen-bond donors (Lipinski definition) is 1. The van der Waals surface area contributed by atoms with Crippen molar-refractivity contribution in [3.63, 3.8) is 0 Å². The number of carbonyl (C=O) groups is 2. The van der Waals surface area contributed by atoms with Gasteiger partial charge in [-0.15, -0.1) is 0 Å². The molecule has 0 aromatic heterocycles. The summed E-state index contributed by atoms with van der Waals surface area (Å²) < 4.78 is 0. The van der Waals surface area contributed by atoms with Crippen LogP contribution in [0.15, 0.2) is 5.10 Å². The molecule has 0 saturated heterocycles. The topological polar surface area (TPSA) is 70.0 Å². The van der Waals surface area contributed by atoms with Crippen molar-refractivity contribution in [2.24, 2.45) is 11.0 Å². The Balaban J connectivity index is 1.99. The quantitative estimate of drug-likeness (QED) is 0.832. The highest BCUT2D eigenvalue weighted by Gasteiger charge is 2.37. The van der Waals surface area contributed by atoms with Crippen LogP contribution in [-0.2, 0) is 9.59 Å². The van der Waals surface area contributed by atoms with Crippen LogP contribution in [0.2, 0.25) is 0 Å². The third kappa shape index (κ3) is 2.71. The van der Waals surface area contributed by atoms with Crippen LogP contribution in [0, 0.1) is 5.92 Å². The molecular formula is C13H20N2O3. The molecule has 1 amide bonds. The smallest absolute Gasteiger partial charge is 0.303 e. The van der Waals surface area contributed by atoms with Gasteiger partial charge in [0, 0.05) is 12.1 Å². The normalized spacial score (nSPS) is 25.4. The zero-order valence-electron chi connectivity index (χ0n) is 10.8. The molecule has 1 fully saturated rings. The van der Waals surface area contributed by atoms with E-state index < -0.39 is 5.97 Å². The van der Waals surface area contributed by atoms with Crippen molar-refractivity contribution in [3.05, 3.63) is 0 Å². The summed E-state index contributed by atoms with van der Waals surface area (Å²) in [5.41, 5.74) is 0.770. The summed E-state index contributed by atoms with van der Waals surface area (Å²) in [6.45, 7) is 1.83. The summed E-state index contributed by atoms with van der Waals surface area (Å²) in [5, 5.41) is 14.7. The second-order valence-electron chi connectivity index (χ2n) is 5.20. The van der Waals surface area contributed by atoms with E-state index in [0.29, 0.717) is 6.42 Å². The van der Waals surface area contributed by atoms with Crippen molar-refractivity contribution < 1.29 is 14.7 Å². The van der Waals surface area contributed by atoms with Gasteiger partial charge in [-0.2, -0.15) is 5.10 Å². The van der Waals surface area contributed by atoms with Gasteiger partial charge in [0.1, 0.15) is 0 Å². The van der Waals surface area contributed by atoms with Crippen LogP contribution in [0.1, 0.15) is 51.9 Å². The molecule has 2 rings (SSSR count). The van der Waals surface area contributed by atoms with Gasteiger partial charge in [-0.3, -0.25) is 9.59 Å². The lowest BCUT2D eigenvalue weighted by atomic mass is 9.93. The van der Waals surface area contributed by atoms with E-state index in [-0.39, 0.29) is 24.3 Å². The molecular weight excluding hydrogens is 232 g/mol. The summed E-state index contributed by atoms with van der Waals surface area (Å²) in [5.74, 6) is -1.17. The lowest BCUT2D eigenvalue weighted by molar-refractivity contribution is -0.138. The molecule has 0 radical (unpaired) electrons. The summed E-state index contributed by atoms with van der Waals surface area (Å²) in [6.07, 6.45) is 5.99. The molecule has 18 heavy (non-hydrogen) atoms. The Morgan fingerprint density at radius 1 is 1.39 bits per heavy atom. The first-order valence-electron chi connectivity index (χ1n) is 6.69. The number of rotatable bonds is 4. The maximum Gasteiger partial charge on any atom is 0.303 e. The van der Waals surface area contributed by atoms with E-state index in [0.717, 1.165) is 31.4 Å². The lowest BCUT2D eigenvalue weighted by Crippen LogP contribution is -2.37. The number of carboxylic acids is 1. The van der Waals surface area contributed by atoms with Crippen molar-refractivity contribution in [2.75, 3.05) is 0 Å². The standard InChI is InChI=1S/C13H20N2O3/c1-9-11(7-8-12(16)17)13(18)15(14-9)10-5-3-2-4-6-10/h10-11H,2-8H2,1H3,(H,16,17). The third-order valence-corrected chi connectivity index (χ3v) is 3.86. The van der Waals surface area contributed by atoms with E-state index in [1.807, 2.05) is 6.92 Å². The molecule has 1 aliphatic carbocycles. The minimum Gasteiger partial charge on any atom is -0.481 e. The van der Waals surface area contributed by atoms with Crippen molar-refractivity contribution in [1.29, 1.82) is 0 Å². The van der Waals surface area contributed by atoms with Gasteiger partial charge in [0.25, 0.3) is 5.91 Å². The number of hydrazone groups is 1. The molecule has 2 aliphatic rings. The third-order valence-electron chi connectivity index (χ3n) is 3.86. The number of amides is 1. The fourth-order valence-electron chi connectivity index (χ4n) is 2.81. The number of nitrogens with zero attached hydrogens (tertiary/aromatic N) is 2. The van der Waals surface area contributed by atoms with Crippen LogP contribution >= 0.6 is 0 Å². The zero-order chi connectivity index (χ0) is 13.1. The first-order chi connectivity index (χ1) is 8.59. The fraction of sp³-hybridized carbons (Fsp3) is 0.769. The van der Waals surface area contributed by atoms with Crippen molar-refractivity contribution in [2.45, 2.75) is 57.9 Å². The molecule has 1 N–H and O–H groups in total. The minimum absolute atomic E-state index is 0.000602. The first kappa shape index (κ1) is 13.1. The van der Waals surface area contributed by atoms with Crippen molar-refractivity contribution >= 4 is 17.6 Å². The molecule has 1 atom stereocenters. The van der Waals surface area contributed by atoms with Gasteiger partial charge in [-0.1, -0.05) is 19.3 Å². The molecule has 100 valence electrons. The Kier molecular flexibility index (Phi) is 3.99. The van der Waals surface area contributed by atoms with Gasteiger partial charge in [0.05, 0.1) is 12.0 Å². The highest BCUT2D eigenvalue weighted by Crippen LogP contribution is 2.29. The van der Waals surface area contributed by atoms with Crippen molar-refractivity contribution in [1.82, 2.24) is 5.01 Å². The Morgan fingerprint density at radius 2 is 2.06 bits per heavy atom. The molecule has 0 bridgehead atoms. The van der Waals surface area contributed by atoms with Gasteiger partial charge in [-0.25, -0.2) is 5.01 Å². The second-order valence-corrected chi connectivity index (χ2v) is 5.20. The fourth-order valence-corrected chi connectivity index (χ4v) is 2.81. The Morgan fingerprint density at radius 3 is 2.67 bits per heavy atom. The van der Waals surface area contributed by atoms with Crippen LogP contribution in [0.3, 0.4) is 0 Å². The lowest BCUT2D eigenvalue weighted by Gasteiger charge is -2.28. The summed E-state index contributed by atoms with van der Waals surface area (Å²) in [4.78, 5) is 22.8. The number of hydrogen-bond acceptors (Lipinski definition) is 3. The summed E-state index contributed by atoms with van der Waals surface area (Å²) in [6, 6.07) is 0.232. The zero-order valence-corrected chi connectivity index (χ0v) is 10.8. The van der Waals surface area contributed by atoms with E-state index in [4.69, 9.17) is 5.11 Å². The molecule has 1 aliphatic heterocycles. The van der Waals surface area contributed by atoms with E-state index in [2.05, 4.69) is 5.10 Å². The Bertz CT molecular complexity index is 372. The highest BCUT2D eigenvalue weighted by molar-refractivity contribution is 6.07. The maximum atomic E-state index is 12.2. The Hall–Kier alpha value is -1.39. The Labute approximate surface area is 107 Å². The van der Waals surface area contributed by atoms with Gasteiger partial charge >= 0.3 is 5.97 Å². The largest absolute Gasteiger partial charge is 0.481 e. The summed E-state index contributed by atoms with van der Waals surface area (Å²) >= 11 is 0. The maximum absolute atomic E-state index is 12.2. The molecule has 1 unspecified atom stereocenters. The molecule has 1 saturated carbocycles. The van der Waals surface area contributed by atoms with Crippen LogP contribution in [0.5, 0.6) is 0 Å². The van der Waals surface area contributed by atoms with Crippen LogP contribution < -0.4 is 0 Å². The van der Waals surface area contributed by atoms with Gasteiger partial charge in [0.2, 0.25) is 0 Å². The molecule has 5 nitrogen and oxygen atoms in total. The first-order valence-corrected chi connectivity index (χ1v) is 6.69. The van der Waals surface area contributed by atoms with E-state index >= 15 is 0 Å². The molecule has 5 heteroatoms. The number of aliphatic carboxylic acids is 1. The van der Waals surface area contributed by atoms with E-state index in [9.17, 15) is 9.59 Å². The van der Waals surface area contributed by atoms with E-state index in [1.54, 1.807) is 5.01 Å². The highest BCUT2D eigenvalue weighted by atomic mass is 16.4. The minimum atomic E-state index is -0.855. The SMILES string of the molecule is CC1=NN(C2CCCCC2)C(=O)C1CCC(=O)O. The predicted octanol–water partition coefficient (Wildman–Crippen LogP) is 2.02. The van der Waals surface area contributed by atoms with E-state index in [1.165, 1.54) is 6.42 Å². The molecule has 1 heterocycles. The molecule has 0 spiro atoms. The average molecular weight is 252 g/mol. The predicted molar refractivity (Wildman–Crippen MR) is 67.2 cm³/mol. The van der Waals surface area contributed by atoms with Crippen molar-refractivity contribution in [3.8, 4) is 0 Å². The van der Waals surface area contributed by atoms with Crippen LogP contribution in [0.25, 0.3) is 0 Å². The van der Waals surface area contributed by atoms with Crippen LogP contribution in [0.4, 0.5) is 0 Å². The molecule has 0 aromatic rings. The monoisotopic (exact) mass is 252 g/mol. The number of carboxylic acid groups (broad SMARTS) is 1. The van der Waals surface area contributed by atoms with Crippen LogP contribution in [-0.4, -0.2) is 33.7 Å². The summed E-state index contributed by atoms with van der Waals surface area (Å²) in [7, 11) is 0. The second kappa shape index (κ2) is 5.50. The van der Waals surface area contributed by atoms with Gasteiger partial charge < -0.3 is 5.11 Å². The number of carbonyl (C=O) groups excluding carboxylic acids is 1. The van der Waals surface area contributed by atoms with Gasteiger partial charge in [0.15, 0.2) is 0 Å².